The topological polar surface area (TPSA) is 87.5 Å². The van der Waals surface area contributed by atoms with Crippen molar-refractivity contribution in [1.29, 1.82) is 0 Å². The number of carbonyl (C=O) groups is 2. The number of carbonyl (C=O) groups excluding carboxylic acids is 2. The van der Waals surface area contributed by atoms with Crippen LogP contribution in [0.15, 0.2) is 59.1 Å². The molecule has 1 aliphatic rings. The summed E-state index contributed by atoms with van der Waals surface area (Å²) in [6.45, 7) is 3.34. The molecule has 2 aromatic carbocycles. The zero-order valence-electron chi connectivity index (χ0n) is 15.4. The lowest BCUT2D eigenvalue weighted by molar-refractivity contribution is 0.0947. The average Bonchev–Trinajstić information content (AvgIpc) is 3.36. The van der Waals surface area contributed by atoms with Crippen molar-refractivity contribution in [2.45, 2.75) is 13.5 Å². The van der Waals surface area contributed by atoms with E-state index in [-0.39, 0.29) is 18.5 Å². The predicted octanol–water partition coefficient (Wildman–Crippen LogP) is 3.11. The summed E-state index contributed by atoms with van der Waals surface area (Å²) in [5.41, 5.74) is 3.85. The zero-order chi connectivity index (χ0) is 19.5. The zero-order valence-corrected chi connectivity index (χ0v) is 15.4. The Balaban J connectivity index is 1.44. The van der Waals surface area contributed by atoms with E-state index >= 15 is 0 Å². The first-order valence-electron chi connectivity index (χ1n) is 9.07. The number of benzene rings is 2. The van der Waals surface area contributed by atoms with Crippen LogP contribution in [0.5, 0.6) is 0 Å². The first kappa shape index (κ1) is 17.8. The van der Waals surface area contributed by atoms with E-state index in [1.807, 2.05) is 49.4 Å². The van der Waals surface area contributed by atoms with Crippen molar-refractivity contribution in [3.63, 3.8) is 0 Å². The third-order valence-electron chi connectivity index (χ3n) is 4.67. The number of anilines is 1. The molecule has 0 atom stereocenters. The van der Waals surface area contributed by atoms with Gasteiger partial charge in [-0.3, -0.25) is 9.69 Å². The first-order valence-corrected chi connectivity index (χ1v) is 9.07. The highest BCUT2D eigenvalue weighted by Crippen LogP contribution is 2.23. The van der Waals surface area contributed by atoms with Gasteiger partial charge in [0.15, 0.2) is 5.76 Å². The Hall–Kier alpha value is -3.61. The molecule has 7 heteroatoms. The van der Waals surface area contributed by atoms with E-state index in [0.717, 1.165) is 22.5 Å². The number of rotatable bonds is 5. The van der Waals surface area contributed by atoms with Crippen molar-refractivity contribution in [2.24, 2.45) is 0 Å². The molecule has 28 heavy (non-hydrogen) atoms. The van der Waals surface area contributed by atoms with Crippen molar-refractivity contribution < 1.29 is 14.1 Å². The molecule has 0 saturated carbocycles. The van der Waals surface area contributed by atoms with Crippen LogP contribution in [0, 0.1) is 6.92 Å². The first-order chi connectivity index (χ1) is 13.6. The van der Waals surface area contributed by atoms with Gasteiger partial charge in [-0.25, -0.2) is 4.79 Å². The largest absolute Gasteiger partial charge is 0.359 e. The van der Waals surface area contributed by atoms with Gasteiger partial charge in [-0.2, -0.15) is 0 Å². The molecule has 0 aliphatic carbocycles. The van der Waals surface area contributed by atoms with Crippen molar-refractivity contribution in [2.75, 3.05) is 18.0 Å². The number of aryl methyl sites for hydroxylation is 1. The fourth-order valence-electron chi connectivity index (χ4n) is 3.15. The maximum absolute atomic E-state index is 12.6. The minimum absolute atomic E-state index is 0.143. The molecule has 0 radical (unpaired) electrons. The highest BCUT2D eigenvalue weighted by atomic mass is 16.5. The van der Waals surface area contributed by atoms with Crippen LogP contribution in [-0.2, 0) is 6.54 Å². The Bertz CT molecular complexity index is 1010. The van der Waals surface area contributed by atoms with Gasteiger partial charge in [-0.15, -0.1) is 0 Å². The highest BCUT2D eigenvalue weighted by molar-refractivity contribution is 5.99. The van der Waals surface area contributed by atoms with Crippen LogP contribution < -0.4 is 15.5 Å². The molecule has 2 heterocycles. The van der Waals surface area contributed by atoms with E-state index in [9.17, 15) is 9.59 Å². The molecule has 0 unspecified atom stereocenters. The molecular weight excluding hydrogens is 356 g/mol. The van der Waals surface area contributed by atoms with Crippen LogP contribution in [-0.4, -0.2) is 30.2 Å². The van der Waals surface area contributed by atoms with E-state index in [0.29, 0.717) is 24.4 Å². The summed E-state index contributed by atoms with van der Waals surface area (Å²) in [5, 5.41) is 9.66. The molecule has 2 N–H and O–H groups in total. The number of nitrogens with zero attached hydrogens (tertiary/aromatic N) is 2. The summed E-state index contributed by atoms with van der Waals surface area (Å²) in [6.07, 6.45) is 0. The lowest BCUT2D eigenvalue weighted by atomic mass is 10.1. The summed E-state index contributed by atoms with van der Waals surface area (Å²) in [6, 6.07) is 16.7. The van der Waals surface area contributed by atoms with Gasteiger partial charge < -0.3 is 15.2 Å². The minimum atomic E-state index is -0.237. The molecule has 1 fully saturated rings. The summed E-state index contributed by atoms with van der Waals surface area (Å²) in [7, 11) is 0. The highest BCUT2D eigenvalue weighted by Gasteiger charge is 2.23. The van der Waals surface area contributed by atoms with Gasteiger partial charge in [0.2, 0.25) is 0 Å². The second-order valence-electron chi connectivity index (χ2n) is 6.61. The maximum Gasteiger partial charge on any atom is 0.322 e. The van der Waals surface area contributed by atoms with Crippen molar-refractivity contribution in [3.05, 3.63) is 71.5 Å². The Labute approximate surface area is 162 Å². The van der Waals surface area contributed by atoms with E-state index < -0.39 is 0 Å². The van der Waals surface area contributed by atoms with Crippen molar-refractivity contribution in [3.8, 4) is 11.3 Å². The molecule has 1 aliphatic heterocycles. The normalized spacial score (nSPS) is 13.5. The SMILES string of the molecule is Cc1ccc(C(=O)NCc2cc(-c3ccccc3)no2)cc1N1CCNC1=O. The fourth-order valence-corrected chi connectivity index (χ4v) is 3.15. The number of hydrogen-bond acceptors (Lipinski definition) is 4. The smallest absolute Gasteiger partial charge is 0.322 e. The van der Waals surface area contributed by atoms with Gasteiger partial charge in [-0.05, 0) is 24.6 Å². The monoisotopic (exact) mass is 376 g/mol. The Morgan fingerprint density at radius 3 is 2.79 bits per heavy atom. The second kappa shape index (κ2) is 7.56. The van der Waals surface area contributed by atoms with Crippen LogP contribution in [0.2, 0.25) is 0 Å². The van der Waals surface area contributed by atoms with E-state index in [4.69, 9.17) is 4.52 Å². The molecule has 3 amide bonds. The molecule has 1 saturated heterocycles. The van der Waals surface area contributed by atoms with Crippen LogP contribution in [0.25, 0.3) is 11.3 Å². The van der Waals surface area contributed by atoms with E-state index in [1.54, 1.807) is 17.0 Å². The van der Waals surface area contributed by atoms with Gasteiger partial charge in [0.25, 0.3) is 5.91 Å². The van der Waals surface area contributed by atoms with E-state index in [2.05, 4.69) is 15.8 Å². The summed E-state index contributed by atoms with van der Waals surface area (Å²) in [4.78, 5) is 26.1. The Morgan fingerprint density at radius 1 is 1.21 bits per heavy atom. The molecule has 142 valence electrons. The van der Waals surface area contributed by atoms with Crippen LogP contribution in [0.3, 0.4) is 0 Å². The summed E-state index contributed by atoms with van der Waals surface area (Å²) < 4.78 is 5.32. The van der Waals surface area contributed by atoms with Gasteiger partial charge in [-0.1, -0.05) is 41.6 Å². The van der Waals surface area contributed by atoms with Crippen LogP contribution in [0.1, 0.15) is 21.7 Å². The number of urea groups is 1. The summed E-state index contributed by atoms with van der Waals surface area (Å²) >= 11 is 0. The van der Waals surface area contributed by atoms with E-state index in [1.165, 1.54) is 0 Å². The second-order valence-corrected chi connectivity index (χ2v) is 6.61. The molecular formula is C21H20N4O3. The standard InChI is InChI=1S/C21H20N4O3/c1-14-7-8-16(11-19(14)25-10-9-22-21(25)27)20(26)23-13-17-12-18(24-28-17)15-5-3-2-4-6-15/h2-8,11-12H,9-10,13H2,1H3,(H,22,27)(H,23,26). The number of hydrogen-bond donors (Lipinski definition) is 2. The number of aromatic nitrogens is 1. The lowest BCUT2D eigenvalue weighted by Crippen LogP contribution is -2.29. The average molecular weight is 376 g/mol. The Kier molecular flexibility index (Phi) is 4.80. The van der Waals surface area contributed by atoms with Gasteiger partial charge in [0.05, 0.1) is 6.54 Å². The van der Waals surface area contributed by atoms with Crippen molar-refractivity contribution in [1.82, 2.24) is 15.8 Å². The molecule has 4 rings (SSSR count). The number of nitrogens with one attached hydrogen (secondary N) is 2. The lowest BCUT2D eigenvalue weighted by Gasteiger charge is -2.18. The molecule has 3 aromatic rings. The Morgan fingerprint density at radius 2 is 2.04 bits per heavy atom. The number of amides is 3. The minimum Gasteiger partial charge on any atom is -0.359 e. The van der Waals surface area contributed by atoms with Crippen LogP contribution in [0.4, 0.5) is 10.5 Å². The quantitative estimate of drug-likeness (QED) is 0.716. The third kappa shape index (κ3) is 3.59. The molecule has 0 spiro atoms. The molecule has 7 nitrogen and oxygen atoms in total. The van der Waals surface area contributed by atoms with Crippen molar-refractivity contribution >= 4 is 17.6 Å². The van der Waals surface area contributed by atoms with Gasteiger partial charge in [0, 0.05) is 36.0 Å². The summed E-state index contributed by atoms with van der Waals surface area (Å²) in [5.74, 6) is 0.331. The van der Waals surface area contributed by atoms with Gasteiger partial charge in [0.1, 0.15) is 5.69 Å². The predicted molar refractivity (Wildman–Crippen MR) is 105 cm³/mol. The third-order valence-corrected chi connectivity index (χ3v) is 4.67. The van der Waals surface area contributed by atoms with Gasteiger partial charge >= 0.3 is 6.03 Å². The molecule has 0 bridgehead atoms. The molecule has 1 aromatic heterocycles. The fraction of sp³-hybridized carbons (Fsp3) is 0.190. The van der Waals surface area contributed by atoms with Crippen LogP contribution >= 0.6 is 0 Å². The maximum atomic E-state index is 12.6.